The minimum absolute atomic E-state index is 0.115. The first-order valence-corrected chi connectivity index (χ1v) is 11.5. The first-order chi connectivity index (χ1) is 15.5. The van der Waals surface area contributed by atoms with E-state index >= 15 is 0 Å². The Morgan fingerprint density at radius 1 is 1.38 bits per heavy atom. The van der Waals surface area contributed by atoms with E-state index in [9.17, 15) is 19.2 Å². The van der Waals surface area contributed by atoms with Gasteiger partial charge in [0.2, 0.25) is 5.91 Å². The predicted molar refractivity (Wildman–Crippen MR) is 120 cm³/mol. The van der Waals surface area contributed by atoms with Crippen molar-refractivity contribution in [2.24, 2.45) is 5.92 Å². The van der Waals surface area contributed by atoms with Gasteiger partial charge in [-0.05, 0) is 48.4 Å². The molecule has 0 spiro atoms. The SMILES string of the molecule is CC(=O)NC[C@H]1CN(c2ccc(N3CCC(C(C#N)c4cccs4)CC3)c(F)c2)C(=O)O1. The van der Waals surface area contributed by atoms with Gasteiger partial charge in [0, 0.05) is 24.9 Å². The molecule has 168 valence electrons. The fraction of sp³-hybridized carbons (Fsp3) is 0.435. The lowest BCUT2D eigenvalue weighted by atomic mass is 9.84. The number of halogens is 1. The van der Waals surface area contributed by atoms with Crippen molar-refractivity contribution in [1.29, 1.82) is 5.26 Å². The van der Waals surface area contributed by atoms with E-state index in [0.29, 0.717) is 24.5 Å². The first kappa shape index (κ1) is 22.1. The number of amides is 2. The molecule has 32 heavy (non-hydrogen) atoms. The molecule has 1 aromatic heterocycles. The molecule has 0 aliphatic carbocycles. The summed E-state index contributed by atoms with van der Waals surface area (Å²) in [5.41, 5.74) is 0.929. The Morgan fingerprint density at radius 3 is 2.78 bits per heavy atom. The molecular formula is C23H25FN4O3S. The molecule has 2 aromatic rings. The van der Waals surface area contributed by atoms with Gasteiger partial charge in [-0.2, -0.15) is 5.26 Å². The van der Waals surface area contributed by atoms with Crippen molar-refractivity contribution in [2.45, 2.75) is 31.8 Å². The number of cyclic esters (lactones) is 1. The molecule has 2 aliphatic rings. The molecule has 2 fully saturated rings. The van der Waals surface area contributed by atoms with Gasteiger partial charge in [0.15, 0.2) is 0 Å². The maximum absolute atomic E-state index is 15.0. The van der Waals surface area contributed by atoms with E-state index in [0.717, 1.165) is 17.7 Å². The predicted octanol–water partition coefficient (Wildman–Crippen LogP) is 3.87. The van der Waals surface area contributed by atoms with Crippen LogP contribution in [0.4, 0.5) is 20.6 Å². The van der Waals surface area contributed by atoms with Crippen LogP contribution in [0.1, 0.15) is 30.6 Å². The Bertz CT molecular complexity index is 1010. The zero-order valence-electron chi connectivity index (χ0n) is 17.8. The van der Waals surface area contributed by atoms with Crippen LogP contribution in [0.3, 0.4) is 0 Å². The number of carbonyl (C=O) groups excluding carboxylic acids is 2. The molecule has 4 rings (SSSR count). The number of nitrogens with one attached hydrogen (secondary N) is 1. The van der Waals surface area contributed by atoms with Crippen LogP contribution in [0, 0.1) is 23.1 Å². The smallest absolute Gasteiger partial charge is 0.414 e. The first-order valence-electron chi connectivity index (χ1n) is 10.7. The number of carbonyl (C=O) groups is 2. The highest BCUT2D eigenvalue weighted by atomic mass is 32.1. The van der Waals surface area contributed by atoms with Crippen LogP contribution in [-0.4, -0.2) is 44.3 Å². The zero-order valence-corrected chi connectivity index (χ0v) is 18.6. The summed E-state index contributed by atoms with van der Waals surface area (Å²) in [7, 11) is 0. The largest absolute Gasteiger partial charge is 0.442 e. The van der Waals surface area contributed by atoms with Crippen LogP contribution in [0.5, 0.6) is 0 Å². The third-order valence-electron chi connectivity index (χ3n) is 6.04. The number of thiophene rings is 1. The van der Waals surface area contributed by atoms with Gasteiger partial charge in [-0.1, -0.05) is 6.07 Å². The van der Waals surface area contributed by atoms with E-state index in [1.165, 1.54) is 17.9 Å². The van der Waals surface area contributed by atoms with E-state index in [4.69, 9.17) is 4.74 Å². The lowest BCUT2D eigenvalue weighted by Gasteiger charge is -2.35. The van der Waals surface area contributed by atoms with Crippen molar-refractivity contribution in [1.82, 2.24) is 5.32 Å². The molecule has 2 amide bonds. The molecule has 1 N–H and O–H groups in total. The molecule has 2 aliphatic heterocycles. The summed E-state index contributed by atoms with van der Waals surface area (Å²) in [5, 5.41) is 14.2. The zero-order chi connectivity index (χ0) is 22.7. The molecule has 2 saturated heterocycles. The third-order valence-corrected chi connectivity index (χ3v) is 6.99. The molecule has 2 atom stereocenters. The maximum Gasteiger partial charge on any atom is 0.414 e. The lowest BCUT2D eigenvalue weighted by molar-refractivity contribution is -0.119. The second kappa shape index (κ2) is 9.57. The number of piperidine rings is 1. The molecule has 3 heterocycles. The van der Waals surface area contributed by atoms with Gasteiger partial charge in [0.1, 0.15) is 11.9 Å². The third kappa shape index (κ3) is 4.70. The number of hydrogen-bond acceptors (Lipinski definition) is 6. The maximum atomic E-state index is 15.0. The second-order valence-corrected chi connectivity index (χ2v) is 9.12. The quantitative estimate of drug-likeness (QED) is 0.713. The molecule has 1 unspecified atom stereocenters. The van der Waals surface area contributed by atoms with Gasteiger partial charge in [-0.25, -0.2) is 9.18 Å². The molecule has 1 aromatic carbocycles. The number of nitriles is 1. The van der Waals surface area contributed by atoms with Crippen molar-refractivity contribution >= 4 is 34.7 Å². The topological polar surface area (TPSA) is 85.7 Å². The van der Waals surface area contributed by atoms with Crippen LogP contribution in [0.25, 0.3) is 0 Å². The molecule has 0 bridgehead atoms. The lowest BCUT2D eigenvalue weighted by Crippen LogP contribution is -2.36. The minimum atomic E-state index is -0.551. The number of nitrogens with zero attached hydrogens (tertiary/aromatic N) is 3. The van der Waals surface area contributed by atoms with E-state index in [-0.39, 0.29) is 30.8 Å². The van der Waals surface area contributed by atoms with Crippen molar-refractivity contribution in [3.63, 3.8) is 0 Å². The highest BCUT2D eigenvalue weighted by Crippen LogP contribution is 2.37. The van der Waals surface area contributed by atoms with E-state index in [1.807, 2.05) is 22.4 Å². The van der Waals surface area contributed by atoms with Gasteiger partial charge in [0.25, 0.3) is 0 Å². The monoisotopic (exact) mass is 456 g/mol. The van der Waals surface area contributed by atoms with Gasteiger partial charge in [0.05, 0.1) is 36.5 Å². The van der Waals surface area contributed by atoms with Crippen molar-refractivity contribution in [3.8, 4) is 6.07 Å². The van der Waals surface area contributed by atoms with Crippen molar-refractivity contribution in [2.75, 3.05) is 36.0 Å². The number of rotatable bonds is 6. The fourth-order valence-corrected chi connectivity index (χ4v) is 5.22. The Kier molecular flexibility index (Phi) is 6.61. The Balaban J connectivity index is 1.39. The average molecular weight is 457 g/mol. The summed E-state index contributed by atoms with van der Waals surface area (Å²) >= 11 is 1.61. The van der Waals surface area contributed by atoms with Crippen LogP contribution in [0.15, 0.2) is 35.7 Å². The summed E-state index contributed by atoms with van der Waals surface area (Å²) in [6.07, 6.45) is 0.621. The number of hydrogen-bond donors (Lipinski definition) is 1. The highest BCUT2D eigenvalue weighted by Gasteiger charge is 2.33. The van der Waals surface area contributed by atoms with E-state index in [2.05, 4.69) is 11.4 Å². The summed E-state index contributed by atoms with van der Waals surface area (Å²) in [6.45, 7) is 3.22. The van der Waals surface area contributed by atoms with Crippen LogP contribution < -0.4 is 15.1 Å². The molecular weight excluding hydrogens is 431 g/mol. The van der Waals surface area contributed by atoms with Crippen LogP contribution >= 0.6 is 11.3 Å². The summed E-state index contributed by atoms with van der Waals surface area (Å²) in [4.78, 5) is 27.7. The normalized spacial score (nSPS) is 20.0. The summed E-state index contributed by atoms with van der Waals surface area (Å²) < 4.78 is 20.2. The summed E-state index contributed by atoms with van der Waals surface area (Å²) in [5.74, 6) is -0.447. The molecule has 9 heteroatoms. The van der Waals surface area contributed by atoms with Crippen LogP contribution in [-0.2, 0) is 9.53 Å². The Labute approximate surface area is 190 Å². The van der Waals surface area contributed by atoms with Gasteiger partial charge >= 0.3 is 6.09 Å². The standard InChI is InChI=1S/C23H25FN4O3S/c1-15(29)26-13-18-14-28(23(30)31-18)17-4-5-21(20(24)11-17)27-8-6-16(7-9-27)19(12-25)22-3-2-10-32-22/h2-5,10-11,16,18-19H,6-9,13-14H2,1H3,(H,26,29)/t18-,19?/m0/s1. The number of anilines is 2. The fourth-order valence-electron chi connectivity index (χ4n) is 4.36. The second-order valence-electron chi connectivity index (χ2n) is 8.14. The highest BCUT2D eigenvalue weighted by molar-refractivity contribution is 7.10. The van der Waals surface area contributed by atoms with Gasteiger partial charge in [-0.15, -0.1) is 11.3 Å². The van der Waals surface area contributed by atoms with Crippen LogP contribution in [0.2, 0.25) is 0 Å². The van der Waals surface area contributed by atoms with Crippen molar-refractivity contribution in [3.05, 3.63) is 46.4 Å². The number of benzene rings is 1. The summed E-state index contributed by atoms with van der Waals surface area (Å²) in [6, 6.07) is 11.2. The van der Waals surface area contributed by atoms with Gasteiger partial charge in [-0.3, -0.25) is 9.69 Å². The molecule has 0 radical (unpaired) electrons. The Morgan fingerprint density at radius 2 is 2.16 bits per heavy atom. The van der Waals surface area contributed by atoms with E-state index in [1.54, 1.807) is 23.5 Å². The average Bonchev–Trinajstić information content (AvgIpc) is 3.43. The van der Waals surface area contributed by atoms with Crippen molar-refractivity contribution < 1.29 is 18.7 Å². The minimum Gasteiger partial charge on any atom is -0.442 e. The Hall–Kier alpha value is -3.12. The number of ether oxygens (including phenoxy) is 1. The molecule has 0 saturated carbocycles. The van der Waals surface area contributed by atoms with E-state index < -0.39 is 18.0 Å². The van der Waals surface area contributed by atoms with Gasteiger partial charge < -0.3 is 15.0 Å². The molecule has 7 nitrogen and oxygen atoms in total.